The highest BCUT2D eigenvalue weighted by molar-refractivity contribution is 7.16. The number of hydrogen-bond donors (Lipinski definition) is 0. The van der Waals surface area contributed by atoms with Crippen LogP contribution in [0.15, 0.2) is 35.8 Å². The van der Waals surface area contributed by atoms with Crippen LogP contribution in [-0.4, -0.2) is 15.4 Å². The second kappa shape index (κ2) is 5.84. The topological polar surface area (TPSA) is 77.5 Å². The van der Waals surface area contributed by atoms with Crippen molar-refractivity contribution in [2.45, 2.75) is 27.3 Å². The summed E-state index contributed by atoms with van der Waals surface area (Å²) in [5.41, 5.74) is 0.116. The van der Waals surface area contributed by atoms with Crippen LogP contribution in [0.25, 0.3) is 10.2 Å². The lowest BCUT2D eigenvalue weighted by Gasteiger charge is -2.11. The molecule has 0 saturated heterocycles. The third kappa shape index (κ3) is 3.14. The summed E-state index contributed by atoms with van der Waals surface area (Å²) < 4.78 is 2.61. The van der Waals surface area contributed by atoms with E-state index < -0.39 is 10.3 Å². The van der Waals surface area contributed by atoms with E-state index in [9.17, 15) is 14.9 Å². The van der Waals surface area contributed by atoms with Crippen LogP contribution in [0, 0.1) is 15.5 Å². The van der Waals surface area contributed by atoms with E-state index in [2.05, 4.69) is 11.6 Å². The molecule has 2 aromatic rings. The third-order valence-corrected chi connectivity index (χ3v) is 4.09. The van der Waals surface area contributed by atoms with Crippen molar-refractivity contribution < 1.29 is 9.72 Å². The summed E-state index contributed by atoms with van der Waals surface area (Å²) in [5, 5.41) is 10.9. The Morgan fingerprint density at radius 1 is 1.50 bits per heavy atom. The minimum atomic E-state index is -0.575. The molecule has 0 bridgehead atoms. The number of aromatic nitrogens is 1. The van der Waals surface area contributed by atoms with Crippen molar-refractivity contribution in [1.29, 1.82) is 0 Å². The maximum absolute atomic E-state index is 12.1. The van der Waals surface area contributed by atoms with Gasteiger partial charge in [0.1, 0.15) is 0 Å². The van der Waals surface area contributed by atoms with Crippen LogP contribution in [0.3, 0.4) is 0 Å². The summed E-state index contributed by atoms with van der Waals surface area (Å²) in [7, 11) is 0. The number of fused-ring (bicyclic) bond motifs is 1. The number of allylic oxidation sites excluding steroid dienone is 1. The van der Waals surface area contributed by atoms with Gasteiger partial charge >= 0.3 is 0 Å². The predicted molar refractivity (Wildman–Crippen MR) is 86.7 cm³/mol. The fourth-order valence-corrected chi connectivity index (χ4v) is 2.83. The summed E-state index contributed by atoms with van der Waals surface area (Å²) in [4.78, 5) is 27.3. The Hall–Kier alpha value is -2.28. The van der Waals surface area contributed by atoms with Crippen LogP contribution >= 0.6 is 11.3 Å². The average molecular weight is 319 g/mol. The Balaban J connectivity index is 2.72. The molecule has 0 aliphatic carbocycles. The first-order chi connectivity index (χ1) is 10.2. The molecular formula is C15H17N3O3S. The van der Waals surface area contributed by atoms with Gasteiger partial charge in [-0.25, -0.2) is 0 Å². The molecule has 1 heterocycles. The molecule has 1 amide bonds. The number of benzene rings is 1. The van der Waals surface area contributed by atoms with Gasteiger partial charge in [0.15, 0.2) is 4.80 Å². The third-order valence-electron chi connectivity index (χ3n) is 3.03. The lowest BCUT2D eigenvalue weighted by atomic mass is 9.96. The lowest BCUT2D eigenvalue weighted by Crippen LogP contribution is -2.23. The molecule has 116 valence electrons. The maximum Gasteiger partial charge on any atom is 0.271 e. The van der Waals surface area contributed by atoms with Crippen molar-refractivity contribution in [3.8, 4) is 0 Å². The summed E-state index contributed by atoms with van der Waals surface area (Å²) in [6.07, 6.45) is 1.67. The Morgan fingerprint density at radius 2 is 2.18 bits per heavy atom. The molecule has 0 spiro atoms. The van der Waals surface area contributed by atoms with Crippen LogP contribution < -0.4 is 4.80 Å². The van der Waals surface area contributed by atoms with Crippen LogP contribution in [0.1, 0.15) is 20.8 Å². The van der Waals surface area contributed by atoms with E-state index in [1.165, 1.54) is 23.5 Å². The van der Waals surface area contributed by atoms with E-state index in [-0.39, 0.29) is 11.6 Å². The highest BCUT2D eigenvalue weighted by Crippen LogP contribution is 2.23. The Morgan fingerprint density at radius 3 is 2.73 bits per heavy atom. The zero-order valence-corrected chi connectivity index (χ0v) is 13.5. The molecule has 6 nitrogen and oxygen atoms in total. The number of nitro groups is 1. The fraction of sp³-hybridized carbons (Fsp3) is 0.333. The second-order valence-electron chi connectivity index (χ2n) is 5.86. The van der Waals surface area contributed by atoms with Crippen molar-refractivity contribution in [3.63, 3.8) is 0 Å². The van der Waals surface area contributed by atoms with Gasteiger partial charge in [0.25, 0.3) is 11.6 Å². The molecule has 0 radical (unpaired) electrons. The number of hydrogen-bond acceptors (Lipinski definition) is 4. The smallest absolute Gasteiger partial charge is 0.271 e. The van der Waals surface area contributed by atoms with Gasteiger partial charge in [0.05, 0.1) is 15.1 Å². The first-order valence-corrected chi connectivity index (χ1v) is 7.53. The number of rotatable bonds is 3. The summed E-state index contributed by atoms with van der Waals surface area (Å²) >= 11 is 1.33. The van der Waals surface area contributed by atoms with Crippen molar-refractivity contribution in [3.05, 3.63) is 45.8 Å². The van der Waals surface area contributed by atoms with E-state index in [1.54, 1.807) is 37.5 Å². The largest absolute Gasteiger partial charge is 0.312 e. The van der Waals surface area contributed by atoms with Crippen LogP contribution in [0.2, 0.25) is 0 Å². The molecule has 0 unspecified atom stereocenters. The van der Waals surface area contributed by atoms with E-state index >= 15 is 0 Å². The van der Waals surface area contributed by atoms with Crippen LogP contribution in [0.4, 0.5) is 5.69 Å². The van der Waals surface area contributed by atoms with Gasteiger partial charge in [-0.1, -0.05) is 38.2 Å². The van der Waals surface area contributed by atoms with Crippen molar-refractivity contribution in [2.24, 2.45) is 10.4 Å². The highest BCUT2D eigenvalue weighted by Gasteiger charge is 2.21. The number of carbonyl (C=O) groups excluding carboxylic acids is 1. The standard InChI is InChI=1S/C15H17N3O3S/c1-5-8-17-11-9-10(18(20)21)6-7-12(11)22-14(17)16-13(19)15(2,3)4/h5-7,9H,1,8H2,2-4H3. The van der Waals surface area contributed by atoms with Gasteiger partial charge in [-0.2, -0.15) is 4.99 Å². The first kappa shape index (κ1) is 16.1. The Labute approximate surface area is 131 Å². The summed E-state index contributed by atoms with van der Waals surface area (Å²) in [6.45, 7) is 9.52. The highest BCUT2D eigenvalue weighted by atomic mass is 32.1. The van der Waals surface area contributed by atoms with E-state index in [0.29, 0.717) is 16.9 Å². The van der Waals surface area contributed by atoms with Gasteiger partial charge in [-0.3, -0.25) is 14.9 Å². The minimum absolute atomic E-state index is 0.0109. The minimum Gasteiger partial charge on any atom is -0.312 e. The molecular weight excluding hydrogens is 302 g/mol. The van der Waals surface area contributed by atoms with E-state index in [1.807, 2.05) is 0 Å². The average Bonchev–Trinajstić information content (AvgIpc) is 2.75. The Kier molecular flexibility index (Phi) is 4.27. The monoisotopic (exact) mass is 319 g/mol. The van der Waals surface area contributed by atoms with Gasteiger partial charge < -0.3 is 4.57 Å². The number of amides is 1. The number of thiazole rings is 1. The van der Waals surface area contributed by atoms with Crippen LogP contribution in [-0.2, 0) is 11.3 Å². The fourth-order valence-electron chi connectivity index (χ4n) is 1.82. The molecule has 0 fully saturated rings. The normalized spacial score (nSPS) is 12.6. The van der Waals surface area contributed by atoms with Crippen molar-refractivity contribution >= 4 is 33.1 Å². The van der Waals surface area contributed by atoms with Gasteiger partial charge in [-0.15, -0.1) is 6.58 Å². The molecule has 2 rings (SSSR count). The van der Waals surface area contributed by atoms with Gasteiger partial charge in [-0.05, 0) is 6.07 Å². The van der Waals surface area contributed by atoms with Crippen molar-refractivity contribution in [1.82, 2.24) is 4.57 Å². The summed E-state index contributed by atoms with van der Waals surface area (Å²) in [5.74, 6) is -0.230. The SMILES string of the molecule is C=CCn1c(=NC(=O)C(C)(C)C)sc2ccc([N+](=O)[O-])cc21. The van der Waals surface area contributed by atoms with E-state index in [4.69, 9.17) is 0 Å². The molecule has 22 heavy (non-hydrogen) atoms. The maximum atomic E-state index is 12.1. The lowest BCUT2D eigenvalue weighted by molar-refractivity contribution is -0.384. The molecule has 0 atom stereocenters. The Bertz CT molecular complexity index is 825. The molecule has 1 aromatic carbocycles. The van der Waals surface area contributed by atoms with Gasteiger partial charge in [0, 0.05) is 24.1 Å². The zero-order valence-electron chi connectivity index (χ0n) is 12.7. The number of nitro benzene ring substituents is 1. The quantitative estimate of drug-likeness (QED) is 0.495. The number of non-ortho nitro benzene ring substituents is 1. The zero-order chi connectivity index (χ0) is 16.5. The second-order valence-corrected chi connectivity index (χ2v) is 6.87. The number of carbonyl (C=O) groups is 1. The first-order valence-electron chi connectivity index (χ1n) is 6.72. The van der Waals surface area contributed by atoms with Crippen molar-refractivity contribution in [2.75, 3.05) is 0 Å². The molecule has 0 aliphatic heterocycles. The molecule has 7 heteroatoms. The predicted octanol–water partition coefficient (Wildman–Crippen LogP) is 3.27. The van der Waals surface area contributed by atoms with Crippen LogP contribution in [0.5, 0.6) is 0 Å². The van der Waals surface area contributed by atoms with E-state index in [0.717, 1.165) is 4.70 Å². The molecule has 0 aliphatic rings. The van der Waals surface area contributed by atoms with Gasteiger partial charge in [0.2, 0.25) is 0 Å². The molecule has 0 saturated carbocycles. The molecule has 0 N–H and O–H groups in total. The molecule has 1 aromatic heterocycles. The number of nitrogens with zero attached hydrogens (tertiary/aromatic N) is 3. The summed E-state index contributed by atoms with van der Waals surface area (Å²) in [6, 6.07) is 4.63.